The van der Waals surface area contributed by atoms with Gasteiger partial charge in [0.25, 0.3) is 5.91 Å². The third-order valence-electron chi connectivity index (χ3n) is 4.02. The Kier molecular flexibility index (Phi) is 7.34. The van der Waals surface area contributed by atoms with Gasteiger partial charge in [-0.2, -0.15) is 5.10 Å². The molecule has 3 rings (SSSR count). The number of rotatable bonds is 5. The van der Waals surface area contributed by atoms with Gasteiger partial charge in [0.2, 0.25) is 0 Å². The lowest BCUT2D eigenvalue weighted by molar-refractivity contribution is 0.0911. The van der Waals surface area contributed by atoms with E-state index in [0.29, 0.717) is 22.6 Å². The van der Waals surface area contributed by atoms with Crippen molar-refractivity contribution in [3.8, 4) is 11.4 Å². The van der Waals surface area contributed by atoms with Crippen molar-refractivity contribution in [2.75, 3.05) is 6.54 Å². The van der Waals surface area contributed by atoms with Crippen LogP contribution in [0.2, 0.25) is 0 Å². The predicted octanol–water partition coefficient (Wildman–Crippen LogP) is 2.81. The number of aromatic nitrogens is 4. The highest BCUT2D eigenvalue weighted by Crippen LogP contribution is 2.19. The zero-order valence-corrected chi connectivity index (χ0v) is 16.3. The van der Waals surface area contributed by atoms with Gasteiger partial charge in [0, 0.05) is 30.9 Å². The fourth-order valence-corrected chi connectivity index (χ4v) is 2.57. The van der Waals surface area contributed by atoms with Crippen molar-refractivity contribution in [3.63, 3.8) is 0 Å². The number of aliphatic hydroxyl groups is 1. The highest BCUT2D eigenvalue weighted by Gasteiger charge is 2.16. The lowest BCUT2D eigenvalue weighted by Gasteiger charge is -2.13. The number of benzene rings is 1. The smallest absolute Gasteiger partial charge is 0.251 e. The van der Waals surface area contributed by atoms with Crippen molar-refractivity contribution in [1.29, 1.82) is 0 Å². The van der Waals surface area contributed by atoms with Crippen LogP contribution in [0.3, 0.4) is 0 Å². The Hall–Kier alpha value is -3.13. The first kappa shape index (κ1) is 21.2. The highest BCUT2D eigenvalue weighted by molar-refractivity contribution is 5.96. The van der Waals surface area contributed by atoms with E-state index >= 15 is 0 Å². The van der Waals surface area contributed by atoms with Gasteiger partial charge < -0.3 is 10.4 Å². The maximum absolute atomic E-state index is 13.0. The van der Waals surface area contributed by atoms with Gasteiger partial charge in [0.1, 0.15) is 6.10 Å². The van der Waals surface area contributed by atoms with E-state index < -0.39 is 11.9 Å². The van der Waals surface area contributed by atoms with Gasteiger partial charge in [-0.05, 0) is 24.6 Å². The Morgan fingerprint density at radius 2 is 1.93 bits per heavy atom. The molecule has 2 N–H and O–H groups in total. The quantitative estimate of drug-likeness (QED) is 0.704. The highest BCUT2D eigenvalue weighted by atomic mass is 19.1. The molecule has 1 atom stereocenters. The Balaban J connectivity index is 0.00000136. The molecule has 0 aliphatic rings. The molecular formula is C20H24FN5O2. The van der Waals surface area contributed by atoms with Crippen LogP contribution in [0.1, 0.15) is 41.6 Å². The van der Waals surface area contributed by atoms with Crippen LogP contribution in [0.15, 0.2) is 42.9 Å². The molecule has 0 spiro atoms. The van der Waals surface area contributed by atoms with Crippen LogP contribution in [0.25, 0.3) is 11.4 Å². The molecule has 148 valence electrons. The molecule has 0 saturated carbocycles. The summed E-state index contributed by atoms with van der Waals surface area (Å²) < 4.78 is 14.5. The summed E-state index contributed by atoms with van der Waals surface area (Å²) in [5, 5.41) is 16.9. The van der Waals surface area contributed by atoms with E-state index in [4.69, 9.17) is 0 Å². The molecule has 7 nitrogen and oxygen atoms in total. The molecule has 0 bridgehead atoms. The first-order valence-corrected chi connectivity index (χ1v) is 8.98. The Labute approximate surface area is 163 Å². The monoisotopic (exact) mass is 385 g/mol. The molecule has 2 heterocycles. The van der Waals surface area contributed by atoms with E-state index in [0.717, 1.165) is 18.0 Å². The maximum atomic E-state index is 13.0. The second-order valence-corrected chi connectivity index (χ2v) is 5.86. The van der Waals surface area contributed by atoms with E-state index in [1.54, 1.807) is 42.2 Å². The van der Waals surface area contributed by atoms with Crippen molar-refractivity contribution < 1.29 is 14.3 Å². The summed E-state index contributed by atoms with van der Waals surface area (Å²) in [7, 11) is 1.72. The minimum Gasteiger partial charge on any atom is -0.385 e. The zero-order valence-electron chi connectivity index (χ0n) is 16.3. The standard InChI is InChI=1S/C18H18FN5O2.C2H6/c1-11-3-4-12(17-20-8-13(19)9-21-17)7-14(11)18(26)22-10-16(25)15-5-6-23-24(15)2;1-2/h3-9,16,25H,10H2,1-2H3,(H,22,26);1-2H3. The fraction of sp³-hybridized carbons (Fsp3) is 0.300. The first-order chi connectivity index (χ1) is 13.5. The lowest BCUT2D eigenvalue weighted by atomic mass is 10.0. The van der Waals surface area contributed by atoms with E-state index in [9.17, 15) is 14.3 Å². The summed E-state index contributed by atoms with van der Waals surface area (Å²) in [6.07, 6.45) is 2.87. The predicted molar refractivity (Wildman–Crippen MR) is 104 cm³/mol. The second-order valence-electron chi connectivity index (χ2n) is 5.86. The van der Waals surface area contributed by atoms with Gasteiger partial charge in [-0.25, -0.2) is 14.4 Å². The molecular weight excluding hydrogens is 361 g/mol. The van der Waals surface area contributed by atoms with E-state index in [1.165, 1.54) is 0 Å². The average Bonchev–Trinajstić information content (AvgIpc) is 3.14. The summed E-state index contributed by atoms with van der Waals surface area (Å²) in [5.41, 5.74) is 2.42. The minimum absolute atomic E-state index is 0.0507. The molecule has 1 unspecified atom stereocenters. The molecule has 2 aromatic heterocycles. The maximum Gasteiger partial charge on any atom is 0.251 e. The number of carbonyl (C=O) groups excluding carboxylic acids is 1. The molecule has 1 amide bonds. The fourth-order valence-electron chi connectivity index (χ4n) is 2.57. The molecule has 0 saturated heterocycles. The van der Waals surface area contributed by atoms with Gasteiger partial charge in [-0.3, -0.25) is 9.48 Å². The molecule has 0 aliphatic carbocycles. The number of halogens is 1. The van der Waals surface area contributed by atoms with Crippen LogP contribution in [-0.2, 0) is 7.05 Å². The summed E-state index contributed by atoms with van der Waals surface area (Å²) in [5.74, 6) is -0.522. The topological polar surface area (TPSA) is 92.9 Å². The SMILES string of the molecule is CC.Cc1ccc(-c2ncc(F)cn2)cc1C(=O)NCC(O)c1ccnn1C. The largest absolute Gasteiger partial charge is 0.385 e. The number of amides is 1. The second kappa shape index (κ2) is 9.70. The Bertz CT molecular complexity index is 925. The number of nitrogens with zero attached hydrogens (tertiary/aromatic N) is 4. The van der Waals surface area contributed by atoms with Crippen molar-refractivity contribution in [3.05, 3.63) is 65.5 Å². The number of carbonyl (C=O) groups is 1. The van der Waals surface area contributed by atoms with Crippen molar-refractivity contribution in [1.82, 2.24) is 25.1 Å². The van der Waals surface area contributed by atoms with Gasteiger partial charge in [0.15, 0.2) is 11.6 Å². The summed E-state index contributed by atoms with van der Waals surface area (Å²) in [4.78, 5) is 20.4. The lowest BCUT2D eigenvalue weighted by Crippen LogP contribution is -2.29. The average molecular weight is 385 g/mol. The number of nitrogens with one attached hydrogen (secondary N) is 1. The van der Waals surface area contributed by atoms with E-state index in [-0.39, 0.29) is 12.5 Å². The molecule has 0 fully saturated rings. The normalized spacial score (nSPS) is 11.4. The van der Waals surface area contributed by atoms with Crippen LogP contribution in [0.5, 0.6) is 0 Å². The van der Waals surface area contributed by atoms with E-state index in [2.05, 4.69) is 20.4 Å². The van der Waals surface area contributed by atoms with Gasteiger partial charge in [0.05, 0.1) is 18.1 Å². The van der Waals surface area contributed by atoms with Gasteiger partial charge in [-0.1, -0.05) is 26.0 Å². The number of hydrogen-bond donors (Lipinski definition) is 2. The van der Waals surface area contributed by atoms with Crippen LogP contribution in [-0.4, -0.2) is 37.3 Å². The zero-order chi connectivity index (χ0) is 20.7. The Morgan fingerprint density at radius 3 is 2.54 bits per heavy atom. The molecule has 8 heteroatoms. The van der Waals surface area contributed by atoms with Crippen molar-refractivity contribution in [2.24, 2.45) is 7.05 Å². The molecule has 28 heavy (non-hydrogen) atoms. The van der Waals surface area contributed by atoms with Crippen LogP contribution < -0.4 is 5.32 Å². The minimum atomic E-state index is -0.865. The van der Waals surface area contributed by atoms with Gasteiger partial charge >= 0.3 is 0 Å². The van der Waals surface area contributed by atoms with Crippen molar-refractivity contribution >= 4 is 5.91 Å². The van der Waals surface area contributed by atoms with Crippen LogP contribution in [0, 0.1) is 12.7 Å². The number of aliphatic hydroxyl groups excluding tert-OH is 1. The Morgan fingerprint density at radius 1 is 1.25 bits per heavy atom. The van der Waals surface area contributed by atoms with E-state index in [1.807, 2.05) is 20.8 Å². The molecule has 0 radical (unpaired) electrons. The van der Waals surface area contributed by atoms with Crippen molar-refractivity contribution in [2.45, 2.75) is 26.9 Å². The first-order valence-electron chi connectivity index (χ1n) is 8.98. The summed E-state index contributed by atoms with van der Waals surface area (Å²) >= 11 is 0. The molecule has 1 aromatic carbocycles. The van der Waals surface area contributed by atoms with Crippen LogP contribution in [0.4, 0.5) is 4.39 Å². The number of aryl methyl sites for hydroxylation is 2. The molecule has 0 aliphatic heterocycles. The summed E-state index contributed by atoms with van der Waals surface area (Å²) in [6.45, 7) is 5.86. The third kappa shape index (κ3) is 4.98. The third-order valence-corrected chi connectivity index (χ3v) is 4.02. The van der Waals surface area contributed by atoms with Crippen LogP contribution >= 0.6 is 0 Å². The van der Waals surface area contributed by atoms with Gasteiger partial charge in [-0.15, -0.1) is 0 Å². The number of hydrogen-bond acceptors (Lipinski definition) is 5. The molecule has 3 aromatic rings. The summed E-state index contributed by atoms with van der Waals surface area (Å²) in [6, 6.07) is 6.88.